The third-order valence-corrected chi connectivity index (χ3v) is 7.72. The first kappa shape index (κ1) is 25.7. The molecule has 2 aliphatic rings. The Morgan fingerprint density at radius 2 is 1.38 bits per heavy atom. The zero-order valence-electron chi connectivity index (χ0n) is 23.4. The smallest absolute Gasteiger partial charge is 0.0560 e. The molecule has 40 heavy (non-hydrogen) atoms. The number of benzene rings is 4. The van der Waals surface area contributed by atoms with Crippen molar-refractivity contribution in [1.82, 2.24) is 0 Å². The molecule has 0 radical (unpaired) electrons. The lowest BCUT2D eigenvalue weighted by atomic mass is 9.95. The van der Waals surface area contributed by atoms with Gasteiger partial charge in [0.1, 0.15) is 0 Å². The maximum Gasteiger partial charge on any atom is 0.0560 e. The van der Waals surface area contributed by atoms with Crippen LogP contribution in [0.2, 0.25) is 0 Å². The average Bonchev–Trinajstić information content (AvgIpc) is 3.00. The van der Waals surface area contributed by atoms with Crippen molar-refractivity contribution in [2.45, 2.75) is 39.2 Å². The highest BCUT2D eigenvalue weighted by molar-refractivity contribution is 5.79. The molecule has 2 nitrogen and oxygen atoms in total. The molecule has 0 saturated carbocycles. The molecule has 1 unspecified atom stereocenters. The maximum atomic E-state index is 2.45. The van der Waals surface area contributed by atoms with Crippen LogP contribution in [-0.2, 0) is 0 Å². The van der Waals surface area contributed by atoms with E-state index >= 15 is 0 Å². The summed E-state index contributed by atoms with van der Waals surface area (Å²) in [7, 11) is 0. The summed E-state index contributed by atoms with van der Waals surface area (Å²) in [6.45, 7) is 4.32. The van der Waals surface area contributed by atoms with Crippen LogP contribution in [0.25, 0.3) is 5.57 Å². The Kier molecular flexibility index (Phi) is 7.50. The number of hydrogen-bond donors (Lipinski definition) is 0. The monoisotopic (exact) mass is 520 g/mol. The van der Waals surface area contributed by atoms with E-state index in [0.717, 1.165) is 19.3 Å². The minimum absolute atomic E-state index is 0.260. The Bertz CT molecular complexity index is 1590. The molecule has 0 aliphatic heterocycles. The van der Waals surface area contributed by atoms with Gasteiger partial charge in [0.05, 0.1) is 6.04 Å². The van der Waals surface area contributed by atoms with Gasteiger partial charge in [-0.2, -0.15) is 0 Å². The Morgan fingerprint density at radius 3 is 2.02 bits per heavy atom. The number of para-hydroxylation sites is 1. The standard InChI is InChI=1S/C38H36N2/c1-29-11-9-17-37(27-29)39(33-13-5-3-6-14-33)35-23-19-31(20-24-35)32-21-25-36(26-22-32)40(34-15-7-4-8-16-34)38-18-10-12-30(2)28-38/h3-7,9-15,17-23,25-28,35H,8,16,24H2,1-2H3. The minimum Gasteiger partial charge on any atom is -0.334 e. The van der Waals surface area contributed by atoms with Crippen molar-refractivity contribution >= 4 is 28.3 Å². The molecule has 2 aliphatic carbocycles. The molecule has 0 saturated heterocycles. The van der Waals surface area contributed by atoms with Crippen LogP contribution in [-0.4, -0.2) is 6.04 Å². The summed E-state index contributed by atoms with van der Waals surface area (Å²) in [5.41, 5.74) is 11.3. The van der Waals surface area contributed by atoms with E-state index in [1.54, 1.807) is 0 Å². The fourth-order valence-corrected chi connectivity index (χ4v) is 5.74. The van der Waals surface area contributed by atoms with Crippen molar-refractivity contribution in [2.75, 3.05) is 9.80 Å². The predicted octanol–water partition coefficient (Wildman–Crippen LogP) is 10.2. The van der Waals surface area contributed by atoms with Gasteiger partial charge in [-0.15, -0.1) is 0 Å². The Labute approximate surface area is 238 Å². The first-order valence-electron chi connectivity index (χ1n) is 14.3. The van der Waals surface area contributed by atoms with Gasteiger partial charge in [0.25, 0.3) is 0 Å². The highest BCUT2D eigenvalue weighted by Crippen LogP contribution is 2.36. The van der Waals surface area contributed by atoms with Gasteiger partial charge >= 0.3 is 0 Å². The highest BCUT2D eigenvalue weighted by atomic mass is 15.2. The Hall–Kier alpha value is -4.56. The maximum absolute atomic E-state index is 2.45. The van der Waals surface area contributed by atoms with Crippen LogP contribution < -0.4 is 9.80 Å². The average molecular weight is 521 g/mol. The molecule has 0 fully saturated rings. The number of allylic oxidation sites excluding steroid dienone is 6. The quantitative estimate of drug-likeness (QED) is 0.239. The van der Waals surface area contributed by atoms with Crippen LogP contribution >= 0.6 is 0 Å². The van der Waals surface area contributed by atoms with E-state index in [1.165, 1.54) is 50.7 Å². The molecule has 0 N–H and O–H groups in total. The molecule has 0 amide bonds. The molecule has 0 spiro atoms. The van der Waals surface area contributed by atoms with Crippen LogP contribution in [0, 0.1) is 13.8 Å². The van der Waals surface area contributed by atoms with E-state index in [9.17, 15) is 0 Å². The Balaban J connectivity index is 1.26. The lowest BCUT2D eigenvalue weighted by molar-refractivity contribution is 0.787. The van der Waals surface area contributed by atoms with Gasteiger partial charge in [-0.25, -0.2) is 0 Å². The van der Waals surface area contributed by atoms with Crippen LogP contribution in [0.4, 0.5) is 22.7 Å². The van der Waals surface area contributed by atoms with E-state index in [0.29, 0.717) is 0 Å². The molecule has 4 aromatic carbocycles. The third kappa shape index (κ3) is 5.58. The fraction of sp³-hybridized carbons (Fsp3) is 0.158. The number of hydrogen-bond acceptors (Lipinski definition) is 2. The summed E-state index contributed by atoms with van der Waals surface area (Å²) >= 11 is 0. The molecular formula is C38H36N2. The highest BCUT2D eigenvalue weighted by Gasteiger charge is 2.21. The van der Waals surface area contributed by atoms with Gasteiger partial charge < -0.3 is 9.80 Å². The van der Waals surface area contributed by atoms with Gasteiger partial charge in [0, 0.05) is 28.4 Å². The molecule has 1 atom stereocenters. The molecule has 0 heterocycles. The summed E-state index contributed by atoms with van der Waals surface area (Å²) in [6, 6.07) is 37.6. The second-order valence-electron chi connectivity index (χ2n) is 10.7. The van der Waals surface area contributed by atoms with Crippen LogP contribution in [0.15, 0.2) is 145 Å². The predicted molar refractivity (Wildman–Crippen MR) is 171 cm³/mol. The van der Waals surface area contributed by atoms with Crippen LogP contribution in [0.5, 0.6) is 0 Å². The zero-order chi connectivity index (χ0) is 27.3. The lowest BCUT2D eigenvalue weighted by Gasteiger charge is -2.33. The van der Waals surface area contributed by atoms with E-state index in [-0.39, 0.29) is 6.04 Å². The SMILES string of the molecule is Cc1cccc(N(C2=CC=CCC2)c2ccc(C3=CCC(N(c4ccccc4)c4cccc(C)c4)C=C3)cc2)c1. The van der Waals surface area contributed by atoms with Gasteiger partial charge in [-0.3, -0.25) is 0 Å². The fourth-order valence-electron chi connectivity index (χ4n) is 5.74. The summed E-state index contributed by atoms with van der Waals surface area (Å²) in [6.07, 6.45) is 16.8. The zero-order valence-corrected chi connectivity index (χ0v) is 23.4. The number of anilines is 4. The molecule has 0 bridgehead atoms. The van der Waals surface area contributed by atoms with Crippen molar-refractivity contribution < 1.29 is 0 Å². The van der Waals surface area contributed by atoms with Gasteiger partial charge in [-0.05, 0) is 110 Å². The third-order valence-electron chi connectivity index (χ3n) is 7.72. The van der Waals surface area contributed by atoms with E-state index in [1.807, 2.05) is 0 Å². The van der Waals surface area contributed by atoms with Crippen molar-refractivity contribution in [1.29, 1.82) is 0 Å². The van der Waals surface area contributed by atoms with Crippen molar-refractivity contribution in [3.05, 3.63) is 162 Å². The van der Waals surface area contributed by atoms with Crippen molar-refractivity contribution in [3.63, 3.8) is 0 Å². The summed E-state index contributed by atoms with van der Waals surface area (Å²) in [5.74, 6) is 0. The first-order valence-corrected chi connectivity index (χ1v) is 14.3. The minimum atomic E-state index is 0.260. The molecule has 6 rings (SSSR count). The second kappa shape index (κ2) is 11.7. The topological polar surface area (TPSA) is 6.48 Å². The molecular weight excluding hydrogens is 484 g/mol. The van der Waals surface area contributed by atoms with E-state index < -0.39 is 0 Å². The van der Waals surface area contributed by atoms with E-state index in [2.05, 4.69) is 163 Å². The van der Waals surface area contributed by atoms with Crippen molar-refractivity contribution in [2.24, 2.45) is 0 Å². The molecule has 198 valence electrons. The lowest BCUT2D eigenvalue weighted by Crippen LogP contribution is -2.30. The number of nitrogens with zero attached hydrogens (tertiary/aromatic N) is 2. The second-order valence-corrected chi connectivity index (χ2v) is 10.7. The number of aryl methyl sites for hydroxylation is 2. The van der Waals surface area contributed by atoms with Gasteiger partial charge in [-0.1, -0.05) is 85.0 Å². The van der Waals surface area contributed by atoms with E-state index in [4.69, 9.17) is 0 Å². The largest absolute Gasteiger partial charge is 0.334 e. The van der Waals surface area contributed by atoms with Gasteiger partial charge in [0.2, 0.25) is 0 Å². The summed E-state index contributed by atoms with van der Waals surface area (Å²) < 4.78 is 0. The Morgan fingerprint density at radius 1 is 0.675 bits per heavy atom. The molecule has 4 aromatic rings. The summed E-state index contributed by atoms with van der Waals surface area (Å²) in [5, 5.41) is 0. The van der Waals surface area contributed by atoms with Gasteiger partial charge in [0.15, 0.2) is 0 Å². The van der Waals surface area contributed by atoms with Crippen LogP contribution in [0.3, 0.4) is 0 Å². The summed E-state index contributed by atoms with van der Waals surface area (Å²) in [4.78, 5) is 4.85. The normalized spacial score (nSPS) is 16.3. The first-order chi connectivity index (χ1) is 19.7. The number of rotatable bonds is 7. The molecule has 0 aromatic heterocycles. The van der Waals surface area contributed by atoms with Crippen LogP contribution in [0.1, 0.15) is 36.0 Å². The molecule has 2 heteroatoms. The van der Waals surface area contributed by atoms with Crippen molar-refractivity contribution in [3.8, 4) is 0 Å².